The maximum Gasteiger partial charge on any atom is 0.255 e. The maximum absolute atomic E-state index is 12.8. The van der Waals surface area contributed by atoms with Crippen molar-refractivity contribution in [2.24, 2.45) is 5.92 Å². The standard InChI is InChI=1S/C20H27N3O2/c24-19-20(25,9-3-11-23(19)13-15-4-1-5-15)14-21-12-16-6-2-7-18-17(16)8-10-22-18/h2,6-8,10,15,21-22,25H,1,3-5,9,11-14H2. The van der Waals surface area contributed by atoms with E-state index in [1.165, 1.54) is 30.2 Å². The smallest absolute Gasteiger partial charge is 0.255 e. The highest BCUT2D eigenvalue weighted by Crippen LogP contribution is 2.30. The van der Waals surface area contributed by atoms with Crippen molar-refractivity contribution in [3.63, 3.8) is 0 Å². The van der Waals surface area contributed by atoms with E-state index in [2.05, 4.69) is 28.5 Å². The number of carbonyl (C=O) groups is 1. The molecule has 5 heteroatoms. The number of aromatic nitrogens is 1. The molecular weight excluding hydrogens is 314 g/mol. The van der Waals surface area contributed by atoms with Crippen molar-refractivity contribution >= 4 is 16.8 Å². The molecule has 134 valence electrons. The minimum absolute atomic E-state index is 0.0852. The number of aromatic amines is 1. The van der Waals surface area contributed by atoms with Gasteiger partial charge in [-0.2, -0.15) is 0 Å². The first-order valence-electron chi connectivity index (χ1n) is 9.43. The van der Waals surface area contributed by atoms with Crippen molar-refractivity contribution in [2.75, 3.05) is 19.6 Å². The van der Waals surface area contributed by atoms with E-state index in [0.29, 0.717) is 25.4 Å². The molecule has 4 rings (SSSR count). The lowest BCUT2D eigenvalue weighted by Gasteiger charge is -2.41. The van der Waals surface area contributed by atoms with Crippen LogP contribution in [0.2, 0.25) is 0 Å². The summed E-state index contributed by atoms with van der Waals surface area (Å²) in [5.41, 5.74) is 1.03. The Labute approximate surface area is 148 Å². The van der Waals surface area contributed by atoms with Crippen LogP contribution in [0.15, 0.2) is 30.5 Å². The summed E-state index contributed by atoms with van der Waals surface area (Å²) < 4.78 is 0. The van der Waals surface area contributed by atoms with Gasteiger partial charge in [-0.3, -0.25) is 4.79 Å². The van der Waals surface area contributed by atoms with Crippen molar-refractivity contribution in [1.29, 1.82) is 0 Å². The van der Waals surface area contributed by atoms with Crippen LogP contribution in [0.3, 0.4) is 0 Å². The lowest BCUT2D eigenvalue weighted by molar-refractivity contribution is -0.157. The van der Waals surface area contributed by atoms with E-state index in [1.54, 1.807) is 0 Å². The topological polar surface area (TPSA) is 68.4 Å². The number of amides is 1. The molecule has 25 heavy (non-hydrogen) atoms. The lowest BCUT2D eigenvalue weighted by Crippen LogP contribution is -2.58. The molecule has 1 saturated carbocycles. The fourth-order valence-electron chi connectivity index (χ4n) is 4.10. The van der Waals surface area contributed by atoms with Gasteiger partial charge in [-0.05, 0) is 49.3 Å². The van der Waals surface area contributed by atoms with Crippen LogP contribution in [0, 0.1) is 5.92 Å². The normalized spacial score (nSPS) is 24.7. The number of H-pyrrole nitrogens is 1. The number of rotatable bonds is 6. The molecule has 1 aromatic heterocycles. The minimum atomic E-state index is -1.26. The third-order valence-corrected chi connectivity index (χ3v) is 5.83. The Balaban J connectivity index is 1.37. The minimum Gasteiger partial charge on any atom is -0.379 e. The molecule has 0 spiro atoms. The van der Waals surface area contributed by atoms with Crippen molar-refractivity contribution in [3.8, 4) is 0 Å². The summed E-state index contributed by atoms with van der Waals surface area (Å²) in [4.78, 5) is 17.9. The Morgan fingerprint density at radius 3 is 2.96 bits per heavy atom. The molecule has 2 aromatic rings. The van der Waals surface area contributed by atoms with Crippen LogP contribution in [0.4, 0.5) is 0 Å². The van der Waals surface area contributed by atoms with E-state index in [-0.39, 0.29) is 5.91 Å². The number of fused-ring (bicyclic) bond motifs is 1. The molecule has 1 atom stereocenters. The third kappa shape index (κ3) is 3.31. The molecular formula is C20H27N3O2. The number of aliphatic hydroxyl groups is 1. The fraction of sp³-hybridized carbons (Fsp3) is 0.550. The summed E-state index contributed by atoms with van der Waals surface area (Å²) in [6.45, 7) is 2.57. The van der Waals surface area contributed by atoms with Crippen LogP contribution in [0.5, 0.6) is 0 Å². The van der Waals surface area contributed by atoms with Gasteiger partial charge in [0.1, 0.15) is 0 Å². The Bertz CT molecular complexity index is 752. The number of likely N-dealkylation sites (tertiary alicyclic amines) is 1. The maximum atomic E-state index is 12.8. The third-order valence-electron chi connectivity index (χ3n) is 5.83. The number of nitrogens with zero attached hydrogens (tertiary/aromatic N) is 1. The predicted octanol–water partition coefficient (Wildman–Crippen LogP) is 2.41. The molecule has 0 bridgehead atoms. The molecule has 0 radical (unpaired) electrons. The average Bonchev–Trinajstić information content (AvgIpc) is 3.04. The Morgan fingerprint density at radius 2 is 2.16 bits per heavy atom. The van der Waals surface area contributed by atoms with Crippen LogP contribution in [-0.2, 0) is 11.3 Å². The van der Waals surface area contributed by atoms with Gasteiger partial charge in [-0.25, -0.2) is 0 Å². The monoisotopic (exact) mass is 341 g/mol. The zero-order valence-electron chi connectivity index (χ0n) is 14.6. The number of benzene rings is 1. The van der Waals surface area contributed by atoms with Crippen molar-refractivity contribution < 1.29 is 9.90 Å². The Kier molecular flexibility index (Phi) is 4.52. The summed E-state index contributed by atoms with van der Waals surface area (Å²) in [5, 5.41) is 15.4. The highest BCUT2D eigenvalue weighted by Gasteiger charge is 2.42. The number of carbonyl (C=O) groups excluding carboxylic acids is 1. The summed E-state index contributed by atoms with van der Waals surface area (Å²) in [7, 11) is 0. The van der Waals surface area contributed by atoms with Gasteiger partial charge in [0, 0.05) is 43.3 Å². The van der Waals surface area contributed by atoms with E-state index in [9.17, 15) is 9.90 Å². The second-order valence-electron chi connectivity index (χ2n) is 7.64. The largest absolute Gasteiger partial charge is 0.379 e. The van der Waals surface area contributed by atoms with E-state index in [0.717, 1.165) is 25.0 Å². The lowest BCUT2D eigenvalue weighted by atomic mass is 9.83. The zero-order chi connectivity index (χ0) is 17.3. The molecule has 1 aliphatic heterocycles. The van der Waals surface area contributed by atoms with E-state index >= 15 is 0 Å². The van der Waals surface area contributed by atoms with Crippen LogP contribution in [0.1, 0.15) is 37.7 Å². The molecule has 1 saturated heterocycles. The first kappa shape index (κ1) is 16.6. The number of hydrogen-bond acceptors (Lipinski definition) is 3. The average molecular weight is 341 g/mol. The van der Waals surface area contributed by atoms with E-state index in [1.807, 2.05) is 17.2 Å². The van der Waals surface area contributed by atoms with Crippen molar-refractivity contribution in [3.05, 3.63) is 36.0 Å². The molecule has 1 aromatic carbocycles. The first-order valence-corrected chi connectivity index (χ1v) is 9.43. The second-order valence-corrected chi connectivity index (χ2v) is 7.64. The highest BCUT2D eigenvalue weighted by atomic mass is 16.3. The Morgan fingerprint density at radius 1 is 1.28 bits per heavy atom. The zero-order valence-corrected chi connectivity index (χ0v) is 14.6. The molecule has 1 aliphatic carbocycles. The van der Waals surface area contributed by atoms with E-state index < -0.39 is 5.60 Å². The molecule has 1 amide bonds. The molecule has 5 nitrogen and oxygen atoms in total. The van der Waals surface area contributed by atoms with Gasteiger partial charge in [0.25, 0.3) is 5.91 Å². The molecule has 2 aliphatic rings. The van der Waals surface area contributed by atoms with Crippen LogP contribution >= 0.6 is 0 Å². The van der Waals surface area contributed by atoms with Gasteiger partial charge in [0.2, 0.25) is 0 Å². The molecule has 1 unspecified atom stereocenters. The summed E-state index contributed by atoms with van der Waals surface area (Å²) in [6.07, 6.45) is 7.09. The number of piperidine rings is 1. The highest BCUT2D eigenvalue weighted by molar-refractivity contribution is 5.86. The summed E-state index contributed by atoms with van der Waals surface area (Å²) >= 11 is 0. The molecule has 2 heterocycles. The van der Waals surface area contributed by atoms with Gasteiger partial charge < -0.3 is 20.3 Å². The van der Waals surface area contributed by atoms with Gasteiger partial charge in [-0.15, -0.1) is 0 Å². The predicted molar refractivity (Wildman–Crippen MR) is 98.1 cm³/mol. The second kappa shape index (κ2) is 6.81. The molecule has 2 fully saturated rings. The summed E-state index contributed by atoms with van der Waals surface area (Å²) in [5.74, 6) is 0.559. The van der Waals surface area contributed by atoms with Crippen molar-refractivity contribution in [2.45, 2.75) is 44.2 Å². The number of hydrogen-bond donors (Lipinski definition) is 3. The van der Waals surface area contributed by atoms with Gasteiger partial charge >= 0.3 is 0 Å². The number of nitrogens with one attached hydrogen (secondary N) is 2. The van der Waals surface area contributed by atoms with Crippen LogP contribution in [0.25, 0.3) is 10.9 Å². The molecule has 3 N–H and O–H groups in total. The SMILES string of the molecule is O=C1N(CC2CCC2)CCCC1(O)CNCc1cccc2[nH]ccc12. The van der Waals surface area contributed by atoms with Crippen LogP contribution in [-0.4, -0.2) is 46.1 Å². The quantitative estimate of drug-likeness (QED) is 0.756. The van der Waals surface area contributed by atoms with Gasteiger partial charge in [0.15, 0.2) is 5.60 Å². The Hall–Kier alpha value is -1.85. The summed E-state index contributed by atoms with van der Waals surface area (Å²) in [6, 6.07) is 8.22. The van der Waals surface area contributed by atoms with Gasteiger partial charge in [-0.1, -0.05) is 18.6 Å². The fourth-order valence-corrected chi connectivity index (χ4v) is 4.10. The van der Waals surface area contributed by atoms with E-state index in [4.69, 9.17) is 0 Å². The van der Waals surface area contributed by atoms with Gasteiger partial charge in [0.05, 0.1) is 0 Å². The van der Waals surface area contributed by atoms with Crippen LogP contribution < -0.4 is 5.32 Å². The van der Waals surface area contributed by atoms with Crippen molar-refractivity contribution in [1.82, 2.24) is 15.2 Å². The first-order chi connectivity index (χ1) is 12.2.